The third-order valence-corrected chi connectivity index (χ3v) is 4.59. The molecule has 0 spiro atoms. The Balaban J connectivity index is 1.51. The van der Waals surface area contributed by atoms with Crippen molar-refractivity contribution in [1.82, 2.24) is 10.9 Å². The van der Waals surface area contributed by atoms with Crippen LogP contribution in [0.5, 0.6) is 0 Å². The number of amides is 2. The molecular weight excluding hydrogens is 278 g/mol. The van der Waals surface area contributed by atoms with Crippen LogP contribution in [-0.2, 0) is 16.0 Å². The number of aryl methyl sites for hydroxylation is 1. The molecule has 5 heteroatoms. The summed E-state index contributed by atoms with van der Waals surface area (Å²) < 4.78 is 0. The smallest absolute Gasteiger partial charge is 0.257 e. The minimum absolute atomic E-state index is 0.0510. The number of benzene rings is 1. The predicted octanol–water partition coefficient (Wildman–Crippen LogP) is 1.78. The maximum absolute atomic E-state index is 12.1. The summed E-state index contributed by atoms with van der Waals surface area (Å²) in [4.78, 5) is 26.1. The van der Waals surface area contributed by atoms with Gasteiger partial charge in [0, 0.05) is 18.2 Å². The lowest BCUT2D eigenvalue weighted by molar-refractivity contribution is -0.130. The highest BCUT2D eigenvalue weighted by Crippen LogP contribution is 2.26. The number of para-hydroxylation sites is 1. The highest BCUT2D eigenvalue weighted by molar-refractivity contribution is 5.86. The second kappa shape index (κ2) is 6.81. The van der Waals surface area contributed by atoms with Gasteiger partial charge >= 0.3 is 0 Å². The van der Waals surface area contributed by atoms with Gasteiger partial charge in [0.2, 0.25) is 5.91 Å². The van der Waals surface area contributed by atoms with Gasteiger partial charge in [0.15, 0.2) is 0 Å². The Hall–Kier alpha value is -2.04. The van der Waals surface area contributed by atoms with Crippen LogP contribution in [0.15, 0.2) is 24.3 Å². The fraction of sp³-hybridized carbons (Fsp3) is 0.529. The van der Waals surface area contributed by atoms with Gasteiger partial charge in [-0.15, -0.1) is 0 Å². The first-order valence-electron chi connectivity index (χ1n) is 8.15. The minimum atomic E-state index is -0.164. The molecule has 0 aromatic heterocycles. The van der Waals surface area contributed by atoms with Crippen molar-refractivity contribution < 1.29 is 9.59 Å². The first kappa shape index (κ1) is 14.9. The number of nitrogens with one attached hydrogen (secondary N) is 2. The monoisotopic (exact) mass is 301 g/mol. The summed E-state index contributed by atoms with van der Waals surface area (Å²) in [6.45, 7) is 1.16. The van der Waals surface area contributed by atoms with Gasteiger partial charge < -0.3 is 4.90 Å². The van der Waals surface area contributed by atoms with E-state index >= 15 is 0 Å². The molecule has 1 aliphatic carbocycles. The molecule has 0 atom stereocenters. The molecule has 5 nitrogen and oxygen atoms in total. The van der Waals surface area contributed by atoms with E-state index in [0.717, 1.165) is 50.8 Å². The SMILES string of the molecule is O=C(CN1CCCc2ccccc21)NNC(=O)C1CCCC1. The second-order valence-corrected chi connectivity index (χ2v) is 6.17. The van der Waals surface area contributed by atoms with E-state index in [1.165, 1.54) is 5.56 Å². The normalized spacial score (nSPS) is 17.9. The van der Waals surface area contributed by atoms with Crippen LogP contribution in [0.25, 0.3) is 0 Å². The van der Waals surface area contributed by atoms with Crippen LogP contribution in [-0.4, -0.2) is 24.9 Å². The van der Waals surface area contributed by atoms with Crippen molar-refractivity contribution >= 4 is 17.5 Å². The van der Waals surface area contributed by atoms with E-state index < -0.39 is 0 Å². The third kappa shape index (κ3) is 3.40. The molecule has 0 saturated heterocycles. The second-order valence-electron chi connectivity index (χ2n) is 6.17. The van der Waals surface area contributed by atoms with Gasteiger partial charge in [0.25, 0.3) is 5.91 Å². The molecule has 3 rings (SSSR count). The fourth-order valence-corrected chi connectivity index (χ4v) is 3.41. The quantitative estimate of drug-likeness (QED) is 0.837. The number of hydrazine groups is 1. The molecule has 1 saturated carbocycles. The minimum Gasteiger partial charge on any atom is -0.362 e. The average molecular weight is 301 g/mol. The van der Waals surface area contributed by atoms with Gasteiger partial charge in [-0.3, -0.25) is 20.4 Å². The van der Waals surface area contributed by atoms with E-state index in [9.17, 15) is 9.59 Å². The Morgan fingerprint density at radius 1 is 1.09 bits per heavy atom. The lowest BCUT2D eigenvalue weighted by atomic mass is 10.0. The van der Waals surface area contributed by atoms with E-state index in [4.69, 9.17) is 0 Å². The van der Waals surface area contributed by atoms with Crippen LogP contribution in [0.3, 0.4) is 0 Å². The van der Waals surface area contributed by atoms with Crippen LogP contribution in [0.4, 0.5) is 5.69 Å². The molecule has 2 N–H and O–H groups in total. The molecule has 1 heterocycles. The number of fused-ring (bicyclic) bond motifs is 1. The zero-order chi connectivity index (χ0) is 15.4. The van der Waals surface area contributed by atoms with Crippen LogP contribution in [0.2, 0.25) is 0 Å². The van der Waals surface area contributed by atoms with Gasteiger partial charge in [-0.1, -0.05) is 31.0 Å². The molecule has 2 aliphatic rings. The Morgan fingerprint density at radius 2 is 1.86 bits per heavy atom. The summed E-state index contributed by atoms with van der Waals surface area (Å²) >= 11 is 0. The lowest BCUT2D eigenvalue weighted by Crippen LogP contribution is -2.48. The van der Waals surface area contributed by atoms with Gasteiger partial charge in [0.05, 0.1) is 6.54 Å². The largest absolute Gasteiger partial charge is 0.362 e. The summed E-state index contributed by atoms with van der Waals surface area (Å²) in [6, 6.07) is 8.20. The third-order valence-electron chi connectivity index (χ3n) is 4.59. The summed E-state index contributed by atoms with van der Waals surface area (Å²) in [5.74, 6) is -0.149. The molecule has 1 fully saturated rings. The number of anilines is 1. The molecule has 1 aliphatic heterocycles. The zero-order valence-corrected chi connectivity index (χ0v) is 12.8. The highest BCUT2D eigenvalue weighted by atomic mass is 16.2. The summed E-state index contributed by atoms with van der Waals surface area (Å²) in [7, 11) is 0. The number of hydrogen-bond donors (Lipinski definition) is 2. The van der Waals surface area contributed by atoms with Crippen molar-refractivity contribution in [2.24, 2.45) is 5.92 Å². The van der Waals surface area contributed by atoms with Gasteiger partial charge in [0.1, 0.15) is 0 Å². The fourth-order valence-electron chi connectivity index (χ4n) is 3.41. The standard InChI is InChI=1S/C17H23N3O2/c21-16(18-19-17(22)14-7-1-2-8-14)12-20-11-5-9-13-6-3-4-10-15(13)20/h3-4,6,10,14H,1-2,5,7-9,11-12H2,(H,18,21)(H,19,22). The maximum atomic E-state index is 12.1. The molecule has 0 radical (unpaired) electrons. The van der Waals surface area contributed by atoms with E-state index in [1.807, 2.05) is 12.1 Å². The molecule has 0 unspecified atom stereocenters. The molecule has 22 heavy (non-hydrogen) atoms. The first-order valence-corrected chi connectivity index (χ1v) is 8.15. The average Bonchev–Trinajstić information content (AvgIpc) is 3.07. The van der Waals surface area contributed by atoms with E-state index in [1.54, 1.807) is 0 Å². The molecule has 1 aromatic carbocycles. The first-order chi connectivity index (χ1) is 10.7. The van der Waals surface area contributed by atoms with E-state index in [2.05, 4.69) is 27.9 Å². The Kier molecular flexibility index (Phi) is 4.61. The molecule has 2 amide bonds. The van der Waals surface area contributed by atoms with Crippen molar-refractivity contribution in [2.45, 2.75) is 38.5 Å². The molecular formula is C17H23N3O2. The molecule has 118 valence electrons. The van der Waals surface area contributed by atoms with Crippen LogP contribution in [0, 0.1) is 5.92 Å². The zero-order valence-electron chi connectivity index (χ0n) is 12.8. The van der Waals surface area contributed by atoms with Crippen molar-refractivity contribution in [3.8, 4) is 0 Å². The predicted molar refractivity (Wildman–Crippen MR) is 85.2 cm³/mol. The highest BCUT2D eigenvalue weighted by Gasteiger charge is 2.23. The van der Waals surface area contributed by atoms with Crippen molar-refractivity contribution in [2.75, 3.05) is 18.0 Å². The number of carbonyl (C=O) groups is 2. The Morgan fingerprint density at radius 3 is 2.68 bits per heavy atom. The lowest BCUT2D eigenvalue weighted by Gasteiger charge is -2.30. The number of nitrogens with zero attached hydrogens (tertiary/aromatic N) is 1. The topological polar surface area (TPSA) is 61.4 Å². The van der Waals surface area contributed by atoms with E-state index in [-0.39, 0.29) is 24.3 Å². The van der Waals surface area contributed by atoms with Crippen LogP contribution in [0.1, 0.15) is 37.7 Å². The maximum Gasteiger partial charge on any atom is 0.257 e. The molecule has 1 aromatic rings. The van der Waals surface area contributed by atoms with Gasteiger partial charge in [-0.05, 0) is 37.3 Å². The van der Waals surface area contributed by atoms with Gasteiger partial charge in [-0.25, -0.2) is 0 Å². The van der Waals surface area contributed by atoms with Crippen LogP contribution < -0.4 is 15.8 Å². The van der Waals surface area contributed by atoms with Gasteiger partial charge in [-0.2, -0.15) is 0 Å². The van der Waals surface area contributed by atoms with E-state index in [0.29, 0.717) is 0 Å². The van der Waals surface area contributed by atoms with Crippen LogP contribution >= 0.6 is 0 Å². The number of rotatable bonds is 3. The Bertz CT molecular complexity index is 553. The number of hydrogen-bond acceptors (Lipinski definition) is 3. The summed E-state index contributed by atoms with van der Waals surface area (Å²) in [5.41, 5.74) is 7.55. The Labute approximate surface area is 131 Å². The molecule has 0 bridgehead atoms. The number of carbonyl (C=O) groups excluding carboxylic acids is 2. The van der Waals surface area contributed by atoms with Crippen molar-refractivity contribution in [3.05, 3.63) is 29.8 Å². The summed E-state index contributed by atoms with van der Waals surface area (Å²) in [6.07, 6.45) is 6.20. The van der Waals surface area contributed by atoms with Crippen molar-refractivity contribution in [3.63, 3.8) is 0 Å². The summed E-state index contributed by atoms with van der Waals surface area (Å²) in [5, 5.41) is 0. The van der Waals surface area contributed by atoms with Crippen molar-refractivity contribution in [1.29, 1.82) is 0 Å².